The Kier molecular flexibility index (Phi) is 18.9. The molecule has 0 fully saturated rings. The predicted molar refractivity (Wildman–Crippen MR) is 325 cm³/mol. The standard InChI is InChI=1S/C68H68O10P2/c1-7-23-61(69)75-45-67(3,4)47-77-63(71)43-37-49-25-21-35-57-55(49)39-41-59(79(73,51-27-13-9-14-28-51)52-29-15-10-16-30-52)65(57)66-58-36-22-26-50(38-44-64(72)78-48-68(5,6)46-76-62(70)24-8-2)56(58)40-42-60(66)80(74,53-31-17-11-18-32-53)54-33-19-12-20-34-54/h9-22,25-44H,7-8,23-24,45-48H2,1-6H3/b43-37+,44-38+. The van der Waals surface area contributed by atoms with E-state index in [2.05, 4.69) is 0 Å². The van der Waals surface area contributed by atoms with Gasteiger partial charge in [-0.3, -0.25) is 9.59 Å². The molecule has 0 radical (unpaired) electrons. The molecule has 12 heteroatoms. The number of carbonyl (C=O) groups is 4. The largest absolute Gasteiger partial charge is 0.465 e. The maximum Gasteiger partial charge on any atom is 0.330 e. The first-order chi connectivity index (χ1) is 38.5. The average molecular weight is 1110 g/mol. The van der Waals surface area contributed by atoms with Crippen LogP contribution in [0.1, 0.15) is 78.4 Å². The molecule has 8 aromatic carbocycles. The highest BCUT2D eigenvalue weighted by Gasteiger charge is 2.38. The van der Waals surface area contributed by atoms with Crippen LogP contribution in [0.5, 0.6) is 0 Å². The van der Waals surface area contributed by atoms with Gasteiger partial charge in [-0.05, 0) is 69.8 Å². The van der Waals surface area contributed by atoms with Gasteiger partial charge >= 0.3 is 23.9 Å². The van der Waals surface area contributed by atoms with Gasteiger partial charge in [0.2, 0.25) is 0 Å². The van der Waals surface area contributed by atoms with Crippen LogP contribution in [-0.4, -0.2) is 50.3 Å². The maximum absolute atomic E-state index is 17.1. The van der Waals surface area contributed by atoms with E-state index in [0.29, 0.717) is 101 Å². The van der Waals surface area contributed by atoms with E-state index < -0.39 is 37.1 Å². The summed E-state index contributed by atoms with van der Waals surface area (Å²) >= 11 is 0. The molecule has 10 nitrogen and oxygen atoms in total. The molecule has 0 unspecified atom stereocenters. The quantitative estimate of drug-likeness (QED) is 0.0263. The van der Waals surface area contributed by atoms with E-state index >= 15 is 9.13 Å². The van der Waals surface area contributed by atoms with Gasteiger partial charge in [-0.2, -0.15) is 0 Å². The number of hydrogen-bond acceptors (Lipinski definition) is 10. The van der Waals surface area contributed by atoms with Crippen molar-refractivity contribution in [3.05, 3.63) is 205 Å². The third-order valence-electron chi connectivity index (χ3n) is 13.7. The SMILES string of the molecule is CCCC(=O)OCC(C)(C)COC(=O)/C=C/c1cccc2c(-c3c(P(=O)(c4ccccc4)c4ccccc4)ccc4c(/C=C/C(=O)OCC(C)(C)COC(=O)CCC)cccc34)c(P(=O)(c3ccccc3)c3ccccc3)ccc12. The van der Waals surface area contributed by atoms with Crippen molar-refractivity contribution in [3.63, 3.8) is 0 Å². The Bertz CT molecular complexity index is 3330. The summed E-state index contributed by atoms with van der Waals surface area (Å²) in [6.45, 7) is 11.5. The monoisotopic (exact) mass is 1110 g/mol. The smallest absolute Gasteiger partial charge is 0.330 e. The predicted octanol–water partition coefficient (Wildman–Crippen LogP) is 12.8. The summed E-state index contributed by atoms with van der Waals surface area (Å²) < 4.78 is 56.5. The van der Waals surface area contributed by atoms with Gasteiger partial charge in [-0.15, -0.1) is 0 Å². The summed E-state index contributed by atoms with van der Waals surface area (Å²) in [6.07, 6.45) is 8.08. The van der Waals surface area contributed by atoms with Crippen LogP contribution >= 0.6 is 14.3 Å². The van der Waals surface area contributed by atoms with Crippen LogP contribution < -0.4 is 31.8 Å². The lowest BCUT2D eigenvalue weighted by Gasteiger charge is -2.29. The second kappa shape index (κ2) is 25.9. The topological polar surface area (TPSA) is 139 Å². The van der Waals surface area contributed by atoms with Gasteiger partial charge in [-0.25, -0.2) is 9.59 Å². The first-order valence-corrected chi connectivity index (χ1v) is 30.5. The molecule has 0 bridgehead atoms. The summed E-state index contributed by atoms with van der Waals surface area (Å²) in [5.74, 6) is -1.78. The highest BCUT2D eigenvalue weighted by atomic mass is 31.2. The van der Waals surface area contributed by atoms with Crippen LogP contribution in [-0.2, 0) is 47.3 Å². The second-order valence-corrected chi connectivity index (χ2v) is 26.9. The summed E-state index contributed by atoms with van der Waals surface area (Å²) in [7, 11) is -7.71. The van der Waals surface area contributed by atoms with Crippen molar-refractivity contribution in [1.29, 1.82) is 0 Å². The van der Waals surface area contributed by atoms with Crippen LogP contribution in [0.3, 0.4) is 0 Å². The van der Waals surface area contributed by atoms with Crippen LogP contribution in [0.4, 0.5) is 0 Å². The van der Waals surface area contributed by atoms with Crippen molar-refractivity contribution in [1.82, 2.24) is 0 Å². The Hall–Kier alpha value is -7.90. The zero-order valence-corrected chi connectivity index (χ0v) is 48.1. The zero-order chi connectivity index (χ0) is 56.9. The van der Waals surface area contributed by atoms with E-state index in [9.17, 15) is 19.2 Å². The molecule has 0 saturated carbocycles. The Morgan fingerprint density at radius 3 is 1.01 bits per heavy atom. The van der Waals surface area contributed by atoms with Crippen molar-refractivity contribution in [2.24, 2.45) is 10.8 Å². The highest BCUT2D eigenvalue weighted by molar-refractivity contribution is 7.86. The average Bonchev–Trinajstić information content (AvgIpc) is 3.67. The number of fused-ring (bicyclic) bond motifs is 2. The Labute approximate surface area is 469 Å². The summed E-state index contributed by atoms with van der Waals surface area (Å²) in [5, 5.41) is 6.14. The Morgan fingerprint density at radius 1 is 0.388 bits per heavy atom. The lowest BCUT2D eigenvalue weighted by Crippen LogP contribution is -2.30. The minimum atomic E-state index is -3.86. The number of ether oxygens (including phenoxy) is 4. The minimum Gasteiger partial charge on any atom is -0.465 e. The van der Waals surface area contributed by atoms with Crippen molar-refractivity contribution < 1.29 is 47.3 Å². The molecule has 0 saturated heterocycles. The van der Waals surface area contributed by atoms with Gasteiger partial charge in [0.15, 0.2) is 14.3 Å². The molecule has 0 aliphatic carbocycles. The van der Waals surface area contributed by atoms with Gasteiger partial charge in [0.25, 0.3) is 0 Å². The molecule has 0 amide bonds. The fourth-order valence-corrected chi connectivity index (χ4v) is 15.4. The van der Waals surface area contributed by atoms with Crippen molar-refractivity contribution in [3.8, 4) is 11.1 Å². The van der Waals surface area contributed by atoms with Crippen LogP contribution in [0.2, 0.25) is 0 Å². The van der Waals surface area contributed by atoms with E-state index in [1.54, 1.807) is 12.2 Å². The number of rotatable bonds is 23. The van der Waals surface area contributed by atoms with E-state index in [0.717, 1.165) is 0 Å². The van der Waals surface area contributed by atoms with Gasteiger partial charge in [0.1, 0.15) is 0 Å². The van der Waals surface area contributed by atoms with Crippen LogP contribution in [0.15, 0.2) is 194 Å². The molecule has 8 aromatic rings. The first-order valence-electron chi connectivity index (χ1n) is 27.1. The summed E-state index contributed by atoms with van der Waals surface area (Å²) in [6, 6.07) is 56.8. The van der Waals surface area contributed by atoms with E-state index in [4.69, 9.17) is 18.9 Å². The van der Waals surface area contributed by atoms with Gasteiger partial charge in [0.05, 0.1) is 26.4 Å². The molecule has 0 aliphatic heterocycles. The van der Waals surface area contributed by atoms with Crippen molar-refractivity contribution >= 4 is 104 Å². The maximum atomic E-state index is 17.1. The molecule has 0 spiro atoms. The van der Waals surface area contributed by atoms with E-state index in [1.807, 2.05) is 224 Å². The number of carbonyl (C=O) groups excluding carboxylic acids is 4. The molecule has 0 atom stereocenters. The van der Waals surface area contributed by atoms with Gasteiger partial charge in [-0.1, -0.05) is 211 Å². The molecule has 80 heavy (non-hydrogen) atoms. The third kappa shape index (κ3) is 13.4. The lowest BCUT2D eigenvalue weighted by molar-refractivity contribution is -0.151. The Balaban J connectivity index is 1.37. The normalized spacial score (nSPS) is 12.2. The molecular formula is C68H68O10P2. The Morgan fingerprint density at radius 2 is 0.700 bits per heavy atom. The molecule has 0 aromatic heterocycles. The fourth-order valence-electron chi connectivity index (χ4n) is 9.62. The van der Waals surface area contributed by atoms with Gasteiger partial charge < -0.3 is 28.1 Å². The number of benzene rings is 8. The van der Waals surface area contributed by atoms with Crippen LogP contribution in [0.25, 0.3) is 44.8 Å². The summed E-state index contributed by atoms with van der Waals surface area (Å²) in [4.78, 5) is 51.4. The lowest BCUT2D eigenvalue weighted by atomic mass is 9.91. The molecule has 0 heterocycles. The fraction of sp³-hybridized carbons (Fsp3) is 0.235. The van der Waals surface area contributed by atoms with Crippen LogP contribution in [0, 0.1) is 10.8 Å². The van der Waals surface area contributed by atoms with Crippen molar-refractivity contribution in [2.75, 3.05) is 26.4 Å². The molecular weight excluding hydrogens is 1040 g/mol. The van der Waals surface area contributed by atoms with E-state index in [1.165, 1.54) is 12.2 Å². The van der Waals surface area contributed by atoms with E-state index in [-0.39, 0.29) is 38.4 Å². The first kappa shape index (κ1) is 58.3. The zero-order valence-electron chi connectivity index (χ0n) is 46.3. The number of esters is 4. The minimum absolute atomic E-state index is 0.00790. The van der Waals surface area contributed by atoms with Gasteiger partial charge in [0, 0.05) is 78.8 Å². The molecule has 0 N–H and O–H groups in total. The summed E-state index contributed by atoms with van der Waals surface area (Å²) in [5.41, 5.74) is 1.20. The molecule has 410 valence electrons. The molecule has 0 aliphatic rings. The highest BCUT2D eigenvalue weighted by Crippen LogP contribution is 2.52. The number of hydrogen-bond donors (Lipinski definition) is 0. The second-order valence-electron chi connectivity index (χ2n) is 21.4. The molecule has 8 rings (SSSR count). The third-order valence-corrected chi connectivity index (χ3v) is 19.9. The van der Waals surface area contributed by atoms with Crippen molar-refractivity contribution in [2.45, 2.75) is 67.2 Å².